The van der Waals surface area contributed by atoms with E-state index in [0.29, 0.717) is 24.0 Å². The minimum Gasteiger partial charge on any atom is -0.396 e. The summed E-state index contributed by atoms with van der Waals surface area (Å²) in [7, 11) is 0. The van der Waals surface area contributed by atoms with E-state index in [2.05, 4.69) is 10.6 Å². The Balaban J connectivity index is 1.48. The van der Waals surface area contributed by atoms with Crippen LogP contribution in [0.5, 0.6) is 0 Å². The summed E-state index contributed by atoms with van der Waals surface area (Å²) < 4.78 is 14.0. The Morgan fingerprint density at radius 1 is 1.33 bits per heavy atom. The van der Waals surface area contributed by atoms with Crippen LogP contribution in [0.1, 0.15) is 64.9 Å². The van der Waals surface area contributed by atoms with Crippen LogP contribution in [0.3, 0.4) is 0 Å². The lowest BCUT2D eigenvalue weighted by Crippen LogP contribution is -2.46. The van der Waals surface area contributed by atoms with Crippen LogP contribution >= 0.6 is 11.3 Å². The Hall–Kier alpha value is -2.35. The summed E-state index contributed by atoms with van der Waals surface area (Å²) in [6, 6.07) is 5.15. The minimum atomic E-state index is -0.231. The lowest BCUT2D eigenvalue weighted by molar-refractivity contribution is -0.118. The summed E-state index contributed by atoms with van der Waals surface area (Å²) in [5.74, 6) is -0.332. The average molecular weight is 470 g/mol. The van der Waals surface area contributed by atoms with Gasteiger partial charge in [0, 0.05) is 29.5 Å². The van der Waals surface area contributed by atoms with Crippen LogP contribution in [0.25, 0.3) is 5.57 Å². The van der Waals surface area contributed by atoms with Crippen molar-refractivity contribution in [1.82, 2.24) is 15.6 Å². The second kappa shape index (κ2) is 10.7. The molecule has 2 atom stereocenters. The first-order valence-electron chi connectivity index (χ1n) is 11.7. The fraction of sp³-hybridized carbons (Fsp3) is 0.462. The third-order valence-corrected chi connectivity index (χ3v) is 7.78. The third-order valence-electron chi connectivity index (χ3n) is 6.48. The molecule has 33 heavy (non-hydrogen) atoms. The topological polar surface area (TPSA) is 74.2 Å². The Morgan fingerprint density at radius 2 is 2.18 bits per heavy atom. The van der Waals surface area contributed by atoms with E-state index in [1.54, 1.807) is 24.3 Å². The summed E-state index contributed by atoms with van der Waals surface area (Å²) in [4.78, 5) is 19.2. The van der Waals surface area contributed by atoms with Crippen molar-refractivity contribution in [2.75, 3.05) is 13.2 Å². The number of hydrogen-bond acceptors (Lipinski definition) is 5. The van der Waals surface area contributed by atoms with Gasteiger partial charge in [-0.3, -0.25) is 4.79 Å². The second-order valence-electron chi connectivity index (χ2n) is 8.92. The fourth-order valence-electron chi connectivity index (χ4n) is 4.46. The van der Waals surface area contributed by atoms with Gasteiger partial charge < -0.3 is 15.7 Å². The first-order valence-corrected chi connectivity index (χ1v) is 12.6. The second-order valence-corrected chi connectivity index (χ2v) is 10.0. The zero-order chi connectivity index (χ0) is 23.4. The number of nitrogens with one attached hydrogen (secondary N) is 2. The van der Waals surface area contributed by atoms with E-state index < -0.39 is 0 Å². The van der Waals surface area contributed by atoms with Crippen LogP contribution < -0.4 is 10.6 Å². The zero-order valence-corrected chi connectivity index (χ0v) is 20.1. The van der Waals surface area contributed by atoms with Crippen LogP contribution in [0, 0.1) is 19.7 Å². The number of thiazole rings is 1. The van der Waals surface area contributed by atoms with Crippen LogP contribution in [0.4, 0.5) is 4.39 Å². The van der Waals surface area contributed by atoms with Crippen molar-refractivity contribution in [3.8, 4) is 0 Å². The van der Waals surface area contributed by atoms with Crippen molar-refractivity contribution in [2.45, 2.75) is 64.5 Å². The van der Waals surface area contributed by atoms with Crippen molar-refractivity contribution in [3.63, 3.8) is 0 Å². The van der Waals surface area contributed by atoms with Gasteiger partial charge in [-0.05, 0) is 68.8 Å². The Labute approximate surface area is 198 Å². The summed E-state index contributed by atoms with van der Waals surface area (Å²) in [6.45, 7) is 4.84. The number of rotatable bonds is 8. The fourth-order valence-corrected chi connectivity index (χ4v) is 5.68. The first kappa shape index (κ1) is 23.8. The van der Waals surface area contributed by atoms with E-state index in [1.165, 1.54) is 10.9 Å². The quantitative estimate of drug-likeness (QED) is 0.531. The van der Waals surface area contributed by atoms with Gasteiger partial charge in [-0.1, -0.05) is 30.7 Å². The molecule has 0 bridgehead atoms. The number of piperidine rings is 1. The highest BCUT2D eigenvalue weighted by Gasteiger charge is 2.31. The highest BCUT2D eigenvalue weighted by Crippen LogP contribution is 2.32. The van der Waals surface area contributed by atoms with Gasteiger partial charge in [-0.2, -0.15) is 0 Å². The van der Waals surface area contributed by atoms with Crippen molar-refractivity contribution in [2.24, 2.45) is 0 Å². The molecule has 5 nitrogen and oxygen atoms in total. The number of aliphatic hydroxyl groups is 1. The molecule has 2 aliphatic rings. The van der Waals surface area contributed by atoms with Crippen LogP contribution in [0.15, 0.2) is 35.9 Å². The summed E-state index contributed by atoms with van der Waals surface area (Å²) >= 11 is 1.63. The van der Waals surface area contributed by atoms with Crippen LogP contribution in [0.2, 0.25) is 0 Å². The molecule has 0 saturated carbocycles. The largest absolute Gasteiger partial charge is 0.396 e. The number of halogens is 1. The molecule has 3 N–H and O–H groups in total. The Kier molecular flexibility index (Phi) is 7.73. The molecular formula is C26H32FN3O2S. The zero-order valence-electron chi connectivity index (χ0n) is 19.3. The van der Waals surface area contributed by atoms with Gasteiger partial charge in [0.15, 0.2) is 0 Å². The number of aryl methyl sites for hydroxylation is 3. The molecular weight excluding hydrogens is 437 g/mol. The number of hydrogen-bond donors (Lipinski definition) is 3. The van der Waals surface area contributed by atoms with Gasteiger partial charge in [0.2, 0.25) is 5.91 Å². The smallest absolute Gasteiger partial charge is 0.248 e. The number of carbonyl (C=O) groups excluding carboxylic acids is 1. The molecule has 176 valence electrons. The van der Waals surface area contributed by atoms with E-state index in [-0.39, 0.29) is 30.4 Å². The van der Waals surface area contributed by atoms with Crippen LogP contribution in [-0.4, -0.2) is 35.2 Å². The molecule has 0 radical (unpaired) electrons. The lowest BCUT2D eigenvalue weighted by Gasteiger charge is -2.31. The minimum absolute atomic E-state index is 0.101. The Morgan fingerprint density at radius 3 is 2.91 bits per heavy atom. The third kappa shape index (κ3) is 5.60. The number of amides is 1. The molecule has 0 spiro atoms. The number of aromatic nitrogens is 1. The van der Waals surface area contributed by atoms with E-state index in [9.17, 15) is 14.3 Å². The van der Waals surface area contributed by atoms with E-state index in [1.807, 2.05) is 25.1 Å². The lowest BCUT2D eigenvalue weighted by atomic mass is 9.97. The number of nitrogens with zero attached hydrogens (tertiary/aromatic N) is 1. The molecule has 1 amide bonds. The standard InChI is InChI=1S/C26H32FN3O2S/c1-16-8-9-19(15-21(16)27)18-10-11-20(14-18)25(32)30-24(22-6-3-4-12-28-22)26-29-17(2)23(33-26)7-5-13-31/h8-11,15,22,24,28,31H,3-7,12-14H2,1-2H3,(H,30,32). The average Bonchev–Trinajstić information content (AvgIpc) is 3.45. The molecule has 1 aliphatic carbocycles. The van der Waals surface area contributed by atoms with Gasteiger partial charge in [0.25, 0.3) is 0 Å². The summed E-state index contributed by atoms with van der Waals surface area (Å²) in [5, 5.41) is 16.9. The van der Waals surface area contributed by atoms with E-state index in [4.69, 9.17) is 4.98 Å². The maximum absolute atomic E-state index is 14.0. The van der Waals surface area contributed by atoms with Crippen molar-refractivity contribution >= 4 is 22.8 Å². The molecule has 2 unspecified atom stereocenters. The van der Waals surface area contributed by atoms with E-state index in [0.717, 1.165) is 54.1 Å². The van der Waals surface area contributed by atoms with Crippen LogP contribution in [-0.2, 0) is 11.2 Å². The molecule has 4 rings (SSSR count). The number of benzene rings is 1. The van der Waals surface area contributed by atoms with Gasteiger partial charge in [0.1, 0.15) is 10.8 Å². The molecule has 1 saturated heterocycles. The molecule has 1 aromatic heterocycles. The molecule has 1 aliphatic heterocycles. The summed E-state index contributed by atoms with van der Waals surface area (Å²) in [5.41, 5.74) is 4.03. The SMILES string of the molecule is Cc1ccc(C2=CC=C(C(=O)NC(c3nc(C)c(CCCO)s3)C3CCCCN3)C2)cc1F. The highest BCUT2D eigenvalue weighted by molar-refractivity contribution is 7.11. The number of aliphatic hydroxyl groups excluding tert-OH is 1. The predicted octanol–water partition coefficient (Wildman–Crippen LogP) is 4.54. The maximum atomic E-state index is 14.0. The normalized spacial score (nSPS) is 19.2. The van der Waals surface area contributed by atoms with Crippen molar-refractivity contribution in [1.29, 1.82) is 0 Å². The van der Waals surface area contributed by atoms with Crippen molar-refractivity contribution in [3.05, 3.63) is 68.4 Å². The number of allylic oxidation sites excluding steroid dienone is 3. The summed E-state index contributed by atoms with van der Waals surface area (Å²) in [6.07, 6.45) is 8.99. The molecule has 2 heterocycles. The molecule has 1 aromatic carbocycles. The van der Waals surface area contributed by atoms with Gasteiger partial charge in [-0.15, -0.1) is 11.3 Å². The highest BCUT2D eigenvalue weighted by atomic mass is 32.1. The molecule has 1 fully saturated rings. The van der Waals surface area contributed by atoms with Crippen molar-refractivity contribution < 1.29 is 14.3 Å². The predicted molar refractivity (Wildman–Crippen MR) is 131 cm³/mol. The monoisotopic (exact) mass is 469 g/mol. The van der Waals surface area contributed by atoms with Gasteiger partial charge in [-0.25, -0.2) is 9.37 Å². The Bertz CT molecular complexity index is 1070. The maximum Gasteiger partial charge on any atom is 0.248 e. The van der Waals surface area contributed by atoms with E-state index >= 15 is 0 Å². The molecule has 7 heteroatoms. The first-order chi connectivity index (χ1) is 16.0. The van der Waals surface area contributed by atoms with Gasteiger partial charge in [0.05, 0.1) is 11.7 Å². The van der Waals surface area contributed by atoms with Gasteiger partial charge >= 0.3 is 0 Å². The number of carbonyl (C=O) groups is 1. The molecule has 2 aromatic rings.